The van der Waals surface area contributed by atoms with Crippen molar-refractivity contribution in [2.24, 2.45) is 5.92 Å². The maximum Gasteiger partial charge on any atom is 0.258 e. The van der Waals surface area contributed by atoms with E-state index in [0.29, 0.717) is 43.6 Å². The van der Waals surface area contributed by atoms with Crippen LogP contribution in [-0.2, 0) is 16.1 Å². The summed E-state index contributed by atoms with van der Waals surface area (Å²) in [5, 5.41) is 2.84. The van der Waals surface area contributed by atoms with Crippen LogP contribution < -0.4 is 19.5 Å². The predicted octanol–water partition coefficient (Wildman–Crippen LogP) is 3.03. The Morgan fingerprint density at radius 1 is 1.06 bits per heavy atom. The topological polar surface area (TPSA) is 77.1 Å². The van der Waals surface area contributed by atoms with Gasteiger partial charge >= 0.3 is 0 Å². The van der Waals surface area contributed by atoms with Crippen molar-refractivity contribution in [3.63, 3.8) is 0 Å². The number of nitrogens with zero attached hydrogens (tertiary/aromatic N) is 1. The lowest BCUT2D eigenvalue weighted by Gasteiger charge is -2.30. The summed E-state index contributed by atoms with van der Waals surface area (Å²) in [6, 6.07) is 14.1. The Labute approximate surface area is 183 Å². The molecular weight excluding hydrogens is 396 g/mol. The molecule has 166 valence electrons. The molecular formula is C24H30N2O5. The molecule has 2 aromatic carbocycles. The smallest absolute Gasteiger partial charge is 0.258 e. The van der Waals surface area contributed by atoms with Crippen molar-refractivity contribution in [1.82, 2.24) is 10.2 Å². The van der Waals surface area contributed by atoms with Gasteiger partial charge in [0.25, 0.3) is 5.91 Å². The number of benzene rings is 2. The molecule has 2 amide bonds. The first kappa shape index (κ1) is 22.5. The van der Waals surface area contributed by atoms with Crippen molar-refractivity contribution in [2.45, 2.75) is 33.4 Å². The molecule has 1 N–H and O–H groups in total. The van der Waals surface area contributed by atoms with Gasteiger partial charge in [-0.2, -0.15) is 0 Å². The molecule has 0 aromatic heterocycles. The molecule has 1 heterocycles. The molecule has 7 nitrogen and oxygen atoms in total. The van der Waals surface area contributed by atoms with Gasteiger partial charge in [0.2, 0.25) is 5.91 Å². The molecule has 0 saturated heterocycles. The first-order chi connectivity index (χ1) is 15.0. The second-order valence-electron chi connectivity index (χ2n) is 7.68. The van der Waals surface area contributed by atoms with Gasteiger partial charge in [0.05, 0.1) is 0 Å². The number of carbonyl (C=O) groups excluding carboxylic acids is 2. The van der Waals surface area contributed by atoms with E-state index in [-0.39, 0.29) is 24.3 Å². The van der Waals surface area contributed by atoms with Crippen LogP contribution in [0.2, 0.25) is 0 Å². The van der Waals surface area contributed by atoms with Gasteiger partial charge in [-0.1, -0.05) is 44.2 Å². The van der Waals surface area contributed by atoms with Crippen LogP contribution in [0.1, 0.15) is 26.3 Å². The molecule has 1 atom stereocenters. The first-order valence-corrected chi connectivity index (χ1v) is 10.6. The van der Waals surface area contributed by atoms with E-state index in [2.05, 4.69) is 5.32 Å². The van der Waals surface area contributed by atoms with Crippen molar-refractivity contribution in [1.29, 1.82) is 0 Å². The molecule has 0 radical (unpaired) electrons. The maximum absolute atomic E-state index is 13.3. The van der Waals surface area contributed by atoms with Gasteiger partial charge in [-0.3, -0.25) is 9.59 Å². The summed E-state index contributed by atoms with van der Waals surface area (Å²) in [5.74, 6) is 1.43. The van der Waals surface area contributed by atoms with E-state index in [9.17, 15) is 9.59 Å². The zero-order valence-electron chi connectivity index (χ0n) is 18.3. The van der Waals surface area contributed by atoms with Crippen molar-refractivity contribution in [3.05, 3.63) is 54.1 Å². The largest absolute Gasteiger partial charge is 0.486 e. The molecule has 0 aliphatic carbocycles. The Morgan fingerprint density at radius 2 is 1.81 bits per heavy atom. The highest BCUT2D eigenvalue weighted by atomic mass is 16.6. The molecule has 2 aromatic rings. The van der Waals surface area contributed by atoms with Gasteiger partial charge in [-0.05, 0) is 31.0 Å². The molecule has 7 heteroatoms. The summed E-state index contributed by atoms with van der Waals surface area (Å²) in [6.45, 7) is 7.47. The third-order valence-corrected chi connectivity index (χ3v) is 5.06. The standard InChI is InChI=1S/C24H30N2O5/c1-4-26(15-18-9-8-12-20-23(18)30-14-13-29-20)24(28)22(17(2)3)25-21(27)16-31-19-10-6-5-7-11-19/h5-12,17,22H,4,13-16H2,1-3H3,(H,25,27). The zero-order valence-corrected chi connectivity index (χ0v) is 18.3. The number of rotatable bonds is 9. The van der Waals surface area contributed by atoms with E-state index in [1.807, 2.05) is 57.2 Å². The maximum atomic E-state index is 13.3. The molecule has 1 aliphatic heterocycles. The fourth-order valence-corrected chi connectivity index (χ4v) is 3.40. The minimum atomic E-state index is -0.650. The molecule has 0 saturated carbocycles. The number of carbonyl (C=O) groups is 2. The highest BCUT2D eigenvalue weighted by Crippen LogP contribution is 2.34. The van der Waals surface area contributed by atoms with Crippen LogP contribution in [0, 0.1) is 5.92 Å². The molecule has 3 rings (SSSR count). The highest BCUT2D eigenvalue weighted by molar-refractivity contribution is 5.88. The van der Waals surface area contributed by atoms with Crippen LogP contribution in [0.25, 0.3) is 0 Å². The predicted molar refractivity (Wildman–Crippen MR) is 117 cm³/mol. The van der Waals surface area contributed by atoms with E-state index in [0.717, 1.165) is 5.56 Å². The second kappa shape index (κ2) is 10.7. The molecule has 1 unspecified atom stereocenters. The van der Waals surface area contributed by atoms with E-state index in [1.165, 1.54) is 0 Å². The fraction of sp³-hybridized carbons (Fsp3) is 0.417. The minimum absolute atomic E-state index is 0.0773. The average molecular weight is 427 g/mol. The van der Waals surface area contributed by atoms with Crippen LogP contribution in [0.4, 0.5) is 0 Å². The minimum Gasteiger partial charge on any atom is -0.486 e. The monoisotopic (exact) mass is 426 g/mol. The van der Waals surface area contributed by atoms with E-state index >= 15 is 0 Å². The van der Waals surface area contributed by atoms with Crippen molar-refractivity contribution >= 4 is 11.8 Å². The average Bonchev–Trinajstić information content (AvgIpc) is 2.79. The summed E-state index contributed by atoms with van der Waals surface area (Å²) < 4.78 is 16.9. The van der Waals surface area contributed by atoms with Crippen molar-refractivity contribution in [2.75, 3.05) is 26.4 Å². The molecule has 1 aliphatic rings. The van der Waals surface area contributed by atoms with Gasteiger partial charge in [0.15, 0.2) is 18.1 Å². The van der Waals surface area contributed by atoms with Crippen LogP contribution >= 0.6 is 0 Å². The number of hydrogen-bond acceptors (Lipinski definition) is 5. The number of likely N-dealkylation sites (N-methyl/N-ethyl adjacent to an activating group) is 1. The zero-order chi connectivity index (χ0) is 22.2. The molecule has 0 spiro atoms. The lowest BCUT2D eigenvalue weighted by molar-refractivity contribution is -0.138. The van der Waals surface area contributed by atoms with Crippen LogP contribution in [0.15, 0.2) is 48.5 Å². The van der Waals surface area contributed by atoms with Crippen molar-refractivity contribution in [3.8, 4) is 17.2 Å². The Bertz CT molecular complexity index is 885. The Morgan fingerprint density at radius 3 is 2.52 bits per heavy atom. The Hall–Kier alpha value is -3.22. The lowest BCUT2D eigenvalue weighted by Crippen LogP contribution is -2.52. The van der Waals surface area contributed by atoms with Gasteiger partial charge in [-0.15, -0.1) is 0 Å². The van der Waals surface area contributed by atoms with E-state index < -0.39 is 6.04 Å². The van der Waals surface area contributed by atoms with Crippen LogP contribution in [0.3, 0.4) is 0 Å². The number of fused-ring (bicyclic) bond motifs is 1. The lowest BCUT2D eigenvalue weighted by atomic mass is 10.0. The summed E-state index contributed by atoms with van der Waals surface area (Å²) >= 11 is 0. The highest BCUT2D eigenvalue weighted by Gasteiger charge is 2.29. The second-order valence-corrected chi connectivity index (χ2v) is 7.68. The number of ether oxygens (including phenoxy) is 3. The number of amides is 2. The van der Waals surface area contributed by atoms with Gasteiger partial charge < -0.3 is 24.4 Å². The number of hydrogen-bond donors (Lipinski definition) is 1. The molecule has 0 fully saturated rings. The van der Waals surface area contributed by atoms with Gasteiger partial charge in [0.1, 0.15) is 25.0 Å². The summed E-state index contributed by atoms with van der Waals surface area (Å²) in [6.07, 6.45) is 0. The summed E-state index contributed by atoms with van der Waals surface area (Å²) in [4.78, 5) is 27.5. The number of nitrogens with one attached hydrogen (secondary N) is 1. The van der Waals surface area contributed by atoms with Crippen molar-refractivity contribution < 1.29 is 23.8 Å². The Balaban J connectivity index is 1.65. The van der Waals surface area contributed by atoms with E-state index in [1.54, 1.807) is 17.0 Å². The van der Waals surface area contributed by atoms with E-state index in [4.69, 9.17) is 14.2 Å². The fourth-order valence-electron chi connectivity index (χ4n) is 3.40. The number of para-hydroxylation sites is 2. The Kier molecular flexibility index (Phi) is 7.76. The third kappa shape index (κ3) is 5.90. The summed E-state index contributed by atoms with van der Waals surface area (Å²) in [7, 11) is 0. The molecule has 31 heavy (non-hydrogen) atoms. The first-order valence-electron chi connectivity index (χ1n) is 10.6. The third-order valence-electron chi connectivity index (χ3n) is 5.06. The van der Waals surface area contributed by atoms with Crippen LogP contribution in [-0.4, -0.2) is 49.1 Å². The quantitative estimate of drug-likeness (QED) is 0.667. The van der Waals surface area contributed by atoms with Gasteiger partial charge in [-0.25, -0.2) is 0 Å². The summed E-state index contributed by atoms with van der Waals surface area (Å²) in [5.41, 5.74) is 0.883. The molecule has 0 bridgehead atoms. The SMILES string of the molecule is CCN(Cc1cccc2c1OCCO2)C(=O)C(NC(=O)COc1ccccc1)C(C)C. The van der Waals surface area contributed by atoms with Gasteiger partial charge in [0, 0.05) is 18.7 Å². The van der Waals surface area contributed by atoms with Crippen LogP contribution in [0.5, 0.6) is 17.2 Å². The normalized spacial score (nSPS) is 13.4.